The molecule has 114 valence electrons. The molecular formula is C16H13N5O2. The van der Waals surface area contributed by atoms with Crippen LogP contribution in [0, 0.1) is 0 Å². The maximum Gasteiger partial charge on any atom is 0.259 e. The monoisotopic (exact) mass is 307 g/mol. The van der Waals surface area contributed by atoms with Crippen molar-refractivity contribution in [2.45, 2.75) is 0 Å². The van der Waals surface area contributed by atoms with E-state index in [4.69, 9.17) is 10.2 Å². The first-order chi connectivity index (χ1) is 11.1. The standard InChI is InChI=1S/C16H13N5O2/c1-21-14(17)12(13(20-21)11-7-4-8-23-11)15-18-10-6-3-2-5-9(10)16(22)19-15/h2-8H,17H2,1H3,(H,18,19,22). The molecule has 0 amide bonds. The summed E-state index contributed by atoms with van der Waals surface area (Å²) in [6.07, 6.45) is 1.56. The molecule has 1 aromatic carbocycles. The maximum absolute atomic E-state index is 12.3. The summed E-state index contributed by atoms with van der Waals surface area (Å²) in [6.45, 7) is 0. The SMILES string of the molecule is Cn1nc(-c2ccco2)c(-c2nc3ccccc3c(=O)[nH]2)c1N. The molecule has 0 saturated heterocycles. The molecule has 4 rings (SSSR count). The molecule has 0 aliphatic rings. The number of rotatable bonds is 2. The van der Waals surface area contributed by atoms with Gasteiger partial charge in [-0.05, 0) is 24.3 Å². The van der Waals surface area contributed by atoms with Crippen molar-refractivity contribution in [3.05, 3.63) is 53.0 Å². The van der Waals surface area contributed by atoms with Gasteiger partial charge in [0.05, 0.1) is 22.7 Å². The van der Waals surface area contributed by atoms with Crippen molar-refractivity contribution in [2.24, 2.45) is 7.05 Å². The fourth-order valence-electron chi connectivity index (χ4n) is 2.56. The third-order valence-corrected chi connectivity index (χ3v) is 3.70. The highest BCUT2D eigenvalue weighted by molar-refractivity contribution is 5.86. The van der Waals surface area contributed by atoms with E-state index in [2.05, 4.69) is 15.1 Å². The van der Waals surface area contributed by atoms with Crippen molar-refractivity contribution >= 4 is 16.7 Å². The normalized spacial score (nSPS) is 11.2. The van der Waals surface area contributed by atoms with Crippen molar-refractivity contribution in [2.75, 3.05) is 5.73 Å². The molecule has 0 bridgehead atoms. The van der Waals surface area contributed by atoms with Crippen LogP contribution in [0.5, 0.6) is 0 Å². The number of hydrogen-bond donors (Lipinski definition) is 2. The van der Waals surface area contributed by atoms with E-state index in [1.54, 1.807) is 43.6 Å². The van der Waals surface area contributed by atoms with Gasteiger partial charge in [-0.1, -0.05) is 12.1 Å². The second-order valence-electron chi connectivity index (χ2n) is 5.14. The minimum absolute atomic E-state index is 0.223. The largest absolute Gasteiger partial charge is 0.463 e. The van der Waals surface area contributed by atoms with Gasteiger partial charge in [0.15, 0.2) is 5.76 Å². The van der Waals surface area contributed by atoms with Gasteiger partial charge in [-0.25, -0.2) is 4.98 Å². The minimum atomic E-state index is -0.223. The molecule has 0 aliphatic heterocycles. The molecule has 3 aromatic heterocycles. The van der Waals surface area contributed by atoms with E-state index >= 15 is 0 Å². The van der Waals surface area contributed by atoms with Crippen molar-refractivity contribution in [3.8, 4) is 22.8 Å². The number of nitrogens with two attached hydrogens (primary N) is 1. The van der Waals surface area contributed by atoms with Crippen LogP contribution in [0.3, 0.4) is 0 Å². The van der Waals surface area contributed by atoms with Crippen LogP contribution in [-0.4, -0.2) is 19.7 Å². The molecule has 0 atom stereocenters. The van der Waals surface area contributed by atoms with Gasteiger partial charge in [-0.15, -0.1) is 0 Å². The Kier molecular flexibility index (Phi) is 2.80. The van der Waals surface area contributed by atoms with Crippen molar-refractivity contribution < 1.29 is 4.42 Å². The first kappa shape index (κ1) is 13.3. The number of furan rings is 1. The number of aryl methyl sites for hydroxylation is 1. The second kappa shape index (κ2) is 4.84. The number of hydrogen-bond acceptors (Lipinski definition) is 5. The highest BCUT2D eigenvalue weighted by atomic mass is 16.3. The number of nitrogens with one attached hydrogen (secondary N) is 1. The number of para-hydroxylation sites is 1. The van der Waals surface area contributed by atoms with Gasteiger partial charge in [0, 0.05) is 7.05 Å². The van der Waals surface area contributed by atoms with Crippen LogP contribution in [-0.2, 0) is 7.05 Å². The van der Waals surface area contributed by atoms with E-state index in [-0.39, 0.29) is 5.56 Å². The van der Waals surface area contributed by atoms with Crippen LogP contribution in [0.1, 0.15) is 0 Å². The Morgan fingerprint density at radius 2 is 2.04 bits per heavy atom. The quantitative estimate of drug-likeness (QED) is 0.591. The van der Waals surface area contributed by atoms with E-state index in [0.29, 0.717) is 39.6 Å². The molecule has 0 aliphatic carbocycles. The summed E-state index contributed by atoms with van der Waals surface area (Å²) in [5, 5.41) is 4.90. The number of fused-ring (bicyclic) bond motifs is 1. The van der Waals surface area contributed by atoms with Gasteiger partial charge in [0.2, 0.25) is 0 Å². The molecule has 0 unspecified atom stereocenters. The predicted octanol–water partition coefficient (Wildman–Crippen LogP) is 2.17. The first-order valence-electron chi connectivity index (χ1n) is 7.01. The van der Waals surface area contributed by atoms with Crippen LogP contribution < -0.4 is 11.3 Å². The zero-order valence-electron chi connectivity index (χ0n) is 12.3. The molecular weight excluding hydrogens is 294 g/mol. The minimum Gasteiger partial charge on any atom is -0.463 e. The van der Waals surface area contributed by atoms with Crippen molar-refractivity contribution in [3.63, 3.8) is 0 Å². The lowest BCUT2D eigenvalue weighted by atomic mass is 10.1. The summed E-state index contributed by atoms with van der Waals surface area (Å²) in [5.74, 6) is 1.32. The van der Waals surface area contributed by atoms with Crippen molar-refractivity contribution in [1.82, 2.24) is 19.7 Å². The second-order valence-corrected chi connectivity index (χ2v) is 5.14. The molecule has 0 fully saturated rings. The zero-order chi connectivity index (χ0) is 16.0. The maximum atomic E-state index is 12.3. The first-order valence-corrected chi connectivity index (χ1v) is 7.01. The van der Waals surface area contributed by atoms with Gasteiger partial charge in [-0.2, -0.15) is 5.10 Å². The van der Waals surface area contributed by atoms with E-state index in [9.17, 15) is 4.79 Å². The van der Waals surface area contributed by atoms with Gasteiger partial charge in [0.25, 0.3) is 5.56 Å². The van der Waals surface area contributed by atoms with Crippen LogP contribution in [0.2, 0.25) is 0 Å². The van der Waals surface area contributed by atoms with Gasteiger partial charge in [-0.3, -0.25) is 9.48 Å². The van der Waals surface area contributed by atoms with E-state index in [0.717, 1.165) is 0 Å². The summed E-state index contributed by atoms with van der Waals surface area (Å²) in [6, 6.07) is 10.7. The Bertz CT molecular complexity index is 1060. The fraction of sp³-hybridized carbons (Fsp3) is 0.0625. The molecule has 23 heavy (non-hydrogen) atoms. The molecule has 3 N–H and O–H groups in total. The summed E-state index contributed by atoms with van der Waals surface area (Å²) in [7, 11) is 1.73. The lowest BCUT2D eigenvalue weighted by molar-refractivity contribution is 0.578. The van der Waals surface area contributed by atoms with E-state index in [1.807, 2.05) is 6.07 Å². The van der Waals surface area contributed by atoms with Crippen LogP contribution >= 0.6 is 0 Å². The number of nitrogen functional groups attached to an aromatic ring is 1. The molecule has 0 spiro atoms. The Morgan fingerprint density at radius 3 is 2.83 bits per heavy atom. The van der Waals surface area contributed by atoms with E-state index in [1.165, 1.54) is 4.68 Å². The number of benzene rings is 1. The van der Waals surface area contributed by atoms with Crippen LogP contribution in [0.15, 0.2) is 51.9 Å². The molecule has 0 radical (unpaired) electrons. The van der Waals surface area contributed by atoms with Crippen LogP contribution in [0.4, 0.5) is 5.82 Å². The lowest BCUT2D eigenvalue weighted by Gasteiger charge is -2.04. The van der Waals surface area contributed by atoms with Crippen LogP contribution in [0.25, 0.3) is 33.7 Å². The van der Waals surface area contributed by atoms with Crippen molar-refractivity contribution in [1.29, 1.82) is 0 Å². The molecule has 4 aromatic rings. The third-order valence-electron chi connectivity index (χ3n) is 3.70. The average Bonchev–Trinajstić information content (AvgIpc) is 3.16. The Labute approximate surface area is 130 Å². The smallest absolute Gasteiger partial charge is 0.259 e. The van der Waals surface area contributed by atoms with Gasteiger partial charge < -0.3 is 15.1 Å². The predicted molar refractivity (Wildman–Crippen MR) is 86.7 cm³/mol. The van der Waals surface area contributed by atoms with Gasteiger partial charge >= 0.3 is 0 Å². The summed E-state index contributed by atoms with van der Waals surface area (Å²) >= 11 is 0. The molecule has 3 heterocycles. The summed E-state index contributed by atoms with van der Waals surface area (Å²) in [4.78, 5) is 19.6. The lowest BCUT2D eigenvalue weighted by Crippen LogP contribution is -2.10. The molecule has 0 saturated carbocycles. The number of aromatic amines is 1. The molecule has 7 nitrogen and oxygen atoms in total. The third kappa shape index (κ3) is 2.02. The van der Waals surface area contributed by atoms with E-state index < -0.39 is 0 Å². The number of anilines is 1. The Balaban J connectivity index is 2.04. The zero-order valence-corrected chi connectivity index (χ0v) is 12.3. The van der Waals surface area contributed by atoms with Gasteiger partial charge in [0.1, 0.15) is 17.3 Å². The average molecular weight is 307 g/mol. The number of nitrogens with zero attached hydrogens (tertiary/aromatic N) is 3. The number of H-pyrrole nitrogens is 1. The Hall–Kier alpha value is -3.35. The number of aromatic nitrogens is 4. The summed E-state index contributed by atoms with van der Waals surface area (Å²) in [5.41, 5.74) is 7.59. The fourth-order valence-corrected chi connectivity index (χ4v) is 2.56. The Morgan fingerprint density at radius 1 is 1.22 bits per heavy atom. The molecule has 7 heteroatoms. The summed E-state index contributed by atoms with van der Waals surface area (Å²) < 4.78 is 6.95. The highest BCUT2D eigenvalue weighted by Crippen LogP contribution is 2.34. The highest BCUT2D eigenvalue weighted by Gasteiger charge is 2.21. The topological polar surface area (TPSA) is 103 Å².